The van der Waals surface area contributed by atoms with Gasteiger partial charge in [0.2, 0.25) is 0 Å². The molecule has 1 N–H and O–H groups in total. The first-order valence-corrected chi connectivity index (χ1v) is 10.2. The molecule has 1 amide bonds. The Bertz CT molecular complexity index is 1140. The van der Waals surface area contributed by atoms with E-state index < -0.39 is 0 Å². The minimum atomic E-state index is -0.272. The number of hydrogen-bond donors (Lipinski definition) is 1. The first-order valence-electron chi connectivity index (χ1n) is 10.2. The number of methoxy groups -OCH3 is 2. The van der Waals surface area contributed by atoms with Crippen LogP contribution in [0, 0.1) is 13.8 Å². The number of aryl methyl sites for hydroxylation is 2. The lowest BCUT2D eigenvalue weighted by atomic mass is 10.1. The summed E-state index contributed by atoms with van der Waals surface area (Å²) < 4.78 is 17.7. The number of carbonyl (C=O) groups is 1. The zero-order valence-electron chi connectivity index (χ0n) is 18.7. The van der Waals surface area contributed by atoms with Gasteiger partial charge < -0.3 is 19.5 Å². The van der Waals surface area contributed by atoms with Crippen molar-refractivity contribution in [2.45, 2.75) is 20.4 Å². The van der Waals surface area contributed by atoms with Gasteiger partial charge in [-0.25, -0.2) is 4.68 Å². The number of carbonyl (C=O) groups excluding carboxylic acids is 1. The number of hydrogen-bond acceptors (Lipinski definition) is 6. The molecule has 0 bridgehead atoms. The average Bonchev–Trinajstić information content (AvgIpc) is 2.79. The Morgan fingerprint density at radius 3 is 2.47 bits per heavy atom. The molecular formula is C24H27N3O5. The molecule has 168 valence electrons. The zero-order valence-corrected chi connectivity index (χ0v) is 18.7. The maximum Gasteiger partial charge on any atom is 0.266 e. The number of rotatable bonds is 9. The van der Waals surface area contributed by atoms with E-state index in [1.165, 1.54) is 10.7 Å². The zero-order chi connectivity index (χ0) is 23.1. The van der Waals surface area contributed by atoms with Crippen LogP contribution < -0.4 is 25.1 Å². The van der Waals surface area contributed by atoms with E-state index in [0.29, 0.717) is 28.5 Å². The highest BCUT2D eigenvalue weighted by Crippen LogP contribution is 2.31. The normalized spacial score (nSPS) is 10.5. The molecule has 2 aromatic carbocycles. The van der Waals surface area contributed by atoms with Crippen molar-refractivity contribution in [1.82, 2.24) is 15.1 Å². The van der Waals surface area contributed by atoms with E-state index in [1.54, 1.807) is 38.5 Å². The van der Waals surface area contributed by atoms with Crippen molar-refractivity contribution in [3.05, 3.63) is 70.0 Å². The summed E-state index contributed by atoms with van der Waals surface area (Å²) in [5, 5.41) is 7.19. The monoisotopic (exact) mass is 437 g/mol. The molecule has 0 atom stereocenters. The molecule has 0 radical (unpaired) electrons. The lowest BCUT2D eigenvalue weighted by Gasteiger charge is -2.13. The van der Waals surface area contributed by atoms with Crippen LogP contribution in [0.15, 0.2) is 53.3 Å². The van der Waals surface area contributed by atoms with Crippen LogP contribution in [0.25, 0.3) is 11.3 Å². The predicted octanol–water partition coefficient (Wildman–Crippen LogP) is 2.74. The first-order chi connectivity index (χ1) is 15.4. The van der Waals surface area contributed by atoms with Crippen LogP contribution in [-0.2, 0) is 11.3 Å². The Morgan fingerprint density at radius 1 is 1.03 bits per heavy atom. The SMILES string of the molecule is COc1ccc(OC)c(-c2ccc(=O)n(CCNC(=O)COc3c(C)cccc3C)n2)c1. The van der Waals surface area contributed by atoms with Gasteiger partial charge in [-0.1, -0.05) is 18.2 Å². The van der Waals surface area contributed by atoms with Gasteiger partial charge in [-0.05, 0) is 49.2 Å². The fraction of sp³-hybridized carbons (Fsp3) is 0.292. The molecule has 3 rings (SSSR count). The van der Waals surface area contributed by atoms with Crippen molar-refractivity contribution in [2.75, 3.05) is 27.4 Å². The van der Waals surface area contributed by atoms with Gasteiger partial charge in [-0.3, -0.25) is 9.59 Å². The number of benzene rings is 2. The van der Waals surface area contributed by atoms with Crippen LogP contribution >= 0.6 is 0 Å². The summed E-state index contributed by atoms with van der Waals surface area (Å²) in [6.07, 6.45) is 0. The molecule has 1 heterocycles. The summed E-state index contributed by atoms with van der Waals surface area (Å²) in [7, 11) is 3.14. The average molecular weight is 437 g/mol. The second kappa shape index (κ2) is 10.5. The number of nitrogens with one attached hydrogen (secondary N) is 1. The topological polar surface area (TPSA) is 91.7 Å². The van der Waals surface area contributed by atoms with Crippen LogP contribution in [0.5, 0.6) is 17.2 Å². The molecule has 0 aliphatic heterocycles. The van der Waals surface area contributed by atoms with Gasteiger partial charge in [0.25, 0.3) is 11.5 Å². The van der Waals surface area contributed by atoms with Crippen LogP contribution in [0.2, 0.25) is 0 Å². The summed E-state index contributed by atoms with van der Waals surface area (Å²) in [5.74, 6) is 1.70. The van der Waals surface area contributed by atoms with E-state index in [9.17, 15) is 9.59 Å². The van der Waals surface area contributed by atoms with Gasteiger partial charge in [-0.15, -0.1) is 0 Å². The Balaban J connectivity index is 1.64. The highest BCUT2D eigenvalue weighted by Gasteiger charge is 2.12. The lowest BCUT2D eigenvalue weighted by Crippen LogP contribution is -2.34. The minimum absolute atomic E-state index is 0.102. The fourth-order valence-electron chi connectivity index (χ4n) is 3.28. The fourth-order valence-corrected chi connectivity index (χ4v) is 3.28. The minimum Gasteiger partial charge on any atom is -0.497 e. The Labute approximate surface area is 186 Å². The summed E-state index contributed by atoms with van der Waals surface area (Å²) in [4.78, 5) is 24.4. The van der Waals surface area contributed by atoms with Crippen LogP contribution in [0.4, 0.5) is 0 Å². The van der Waals surface area contributed by atoms with Gasteiger partial charge in [0.05, 0.1) is 26.5 Å². The predicted molar refractivity (Wildman–Crippen MR) is 121 cm³/mol. The smallest absolute Gasteiger partial charge is 0.266 e. The molecule has 0 fully saturated rings. The molecule has 32 heavy (non-hydrogen) atoms. The third kappa shape index (κ3) is 5.46. The van der Waals surface area contributed by atoms with Gasteiger partial charge >= 0.3 is 0 Å². The summed E-state index contributed by atoms with van der Waals surface area (Å²) >= 11 is 0. The Hall–Kier alpha value is -3.81. The number of aromatic nitrogens is 2. The largest absolute Gasteiger partial charge is 0.497 e. The van der Waals surface area contributed by atoms with E-state index in [1.807, 2.05) is 32.0 Å². The number of nitrogens with zero attached hydrogens (tertiary/aromatic N) is 2. The van der Waals surface area contributed by atoms with Gasteiger partial charge in [-0.2, -0.15) is 5.10 Å². The van der Waals surface area contributed by atoms with Crippen molar-refractivity contribution in [3.8, 4) is 28.5 Å². The summed E-state index contributed by atoms with van der Waals surface area (Å²) in [6, 6.07) is 14.2. The second-order valence-electron chi connectivity index (χ2n) is 7.21. The molecule has 0 saturated carbocycles. The molecule has 0 saturated heterocycles. The molecule has 0 unspecified atom stereocenters. The van der Waals surface area contributed by atoms with E-state index >= 15 is 0 Å². The standard InChI is InChI=1S/C24H27N3O5/c1-16-6-5-7-17(2)24(16)32-15-22(28)25-12-13-27-23(29)11-9-20(26-27)19-14-18(30-3)8-10-21(19)31-4/h5-11,14H,12-13,15H2,1-4H3,(H,25,28). The summed E-state index contributed by atoms with van der Waals surface area (Å²) in [5.41, 5.74) is 2.94. The summed E-state index contributed by atoms with van der Waals surface area (Å²) in [6.45, 7) is 4.22. The quantitative estimate of drug-likeness (QED) is 0.554. The van der Waals surface area contributed by atoms with Crippen molar-refractivity contribution in [3.63, 3.8) is 0 Å². The van der Waals surface area contributed by atoms with Gasteiger partial charge in [0.15, 0.2) is 6.61 Å². The van der Waals surface area contributed by atoms with Crippen LogP contribution in [0.1, 0.15) is 11.1 Å². The van der Waals surface area contributed by atoms with Crippen molar-refractivity contribution in [1.29, 1.82) is 0 Å². The molecule has 8 heteroatoms. The number of ether oxygens (including phenoxy) is 3. The van der Waals surface area contributed by atoms with E-state index in [4.69, 9.17) is 14.2 Å². The maximum absolute atomic E-state index is 12.2. The Morgan fingerprint density at radius 2 is 1.78 bits per heavy atom. The second-order valence-corrected chi connectivity index (χ2v) is 7.21. The van der Waals surface area contributed by atoms with E-state index in [2.05, 4.69) is 10.4 Å². The molecular weight excluding hydrogens is 410 g/mol. The third-order valence-electron chi connectivity index (χ3n) is 4.95. The highest BCUT2D eigenvalue weighted by molar-refractivity contribution is 5.77. The molecule has 0 aliphatic carbocycles. The number of para-hydroxylation sites is 1. The van der Waals surface area contributed by atoms with Crippen LogP contribution in [0.3, 0.4) is 0 Å². The molecule has 0 spiro atoms. The third-order valence-corrected chi connectivity index (χ3v) is 4.95. The number of amides is 1. The van der Waals surface area contributed by atoms with Crippen molar-refractivity contribution in [2.24, 2.45) is 0 Å². The molecule has 3 aromatic rings. The van der Waals surface area contributed by atoms with Gasteiger partial charge in [0.1, 0.15) is 17.2 Å². The molecule has 1 aromatic heterocycles. The van der Waals surface area contributed by atoms with Crippen molar-refractivity contribution < 1.29 is 19.0 Å². The maximum atomic E-state index is 12.2. The van der Waals surface area contributed by atoms with E-state index in [-0.39, 0.29) is 31.2 Å². The Kier molecular flexibility index (Phi) is 7.49. The highest BCUT2D eigenvalue weighted by atomic mass is 16.5. The molecule has 8 nitrogen and oxygen atoms in total. The van der Waals surface area contributed by atoms with E-state index in [0.717, 1.165) is 11.1 Å². The lowest BCUT2D eigenvalue weighted by molar-refractivity contribution is -0.123. The van der Waals surface area contributed by atoms with Crippen molar-refractivity contribution >= 4 is 5.91 Å². The van der Waals surface area contributed by atoms with Gasteiger partial charge in [0, 0.05) is 18.2 Å². The van der Waals surface area contributed by atoms with Crippen LogP contribution in [-0.4, -0.2) is 43.1 Å². The first kappa shape index (κ1) is 22.9. The molecule has 0 aliphatic rings.